The van der Waals surface area contributed by atoms with E-state index < -0.39 is 0 Å². The first-order valence-electron chi connectivity index (χ1n) is 10.2. The molecule has 1 saturated heterocycles. The molecule has 31 heavy (non-hydrogen) atoms. The summed E-state index contributed by atoms with van der Waals surface area (Å²) in [5.41, 5.74) is 3.21. The summed E-state index contributed by atoms with van der Waals surface area (Å²) in [6, 6.07) is 14.4. The lowest BCUT2D eigenvalue weighted by Gasteiger charge is -2.40. The van der Waals surface area contributed by atoms with Crippen LogP contribution in [-0.4, -0.2) is 43.7 Å². The number of hydrogen-bond acceptors (Lipinski definition) is 2. The Kier molecular flexibility index (Phi) is 10.3. The Labute approximate surface area is 212 Å². The molecule has 0 aromatic heterocycles. The third kappa shape index (κ3) is 8.06. The molecule has 0 saturated carbocycles. The average molecular weight is 575 g/mol. The van der Waals surface area contributed by atoms with Gasteiger partial charge in [0.1, 0.15) is 6.54 Å². The fourth-order valence-electron chi connectivity index (χ4n) is 3.78. The number of hydrogen-bond donors (Lipinski definition) is 1. The van der Waals surface area contributed by atoms with E-state index in [1.54, 1.807) is 18.2 Å². The molecule has 4 nitrogen and oxygen atoms in total. The molecule has 1 aliphatic rings. The molecular formula is C24H29Cl2IN2O2. The monoisotopic (exact) mass is 574 g/mol. The molecule has 0 bridgehead atoms. The van der Waals surface area contributed by atoms with Gasteiger partial charge in [0.15, 0.2) is 0 Å². The van der Waals surface area contributed by atoms with Crippen LogP contribution in [0.5, 0.6) is 0 Å². The van der Waals surface area contributed by atoms with Gasteiger partial charge >= 0.3 is 0 Å². The Morgan fingerprint density at radius 2 is 1.71 bits per heavy atom. The fourth-order valence-corrected chi connectivity index (χ4v) is 4.09. The third-order valence-corrected chi connectivity index (χ3v) is 6.37. The lowest BCUT2D eigenvalue weighted by atomic mass is 10.0. The molecule has 1 heterocycles. The summed E-state index contributed by atoms with van der Waals surface area (Å²) in [7, 11) is 4.59. The molecule has 2 aromatic carbocycles. The predicted octanol–water partition coefficient (Wildman–Crippen LogP) is 2.08. The van der Waals surface area contributed by atoms with E-state index in [0.717, 1.165) is 48.2 Å². The molecule has 1 N–H and O–H groups in total. The van der Waals surface area contributed by atoms with Gasteiger partial charge in [0, 0.05) is 31.0 Å². The number of benzene rings is 2. The molecule has 0 radical (unpaired) electrons. The number of rotatable bonds is 7. The number of carbonyl (C=O) groups is 1. The number of amides is 1. The van der Waals surface area contributed by atoms with Crippen molar-refractivity contribution in [2.24, 2.45) is 0 Å². The Balaban J connectivity index is 0.00000341. The molecule has 0 unspecified atom stereocenters. The van der Waals surface area contributed by atoms with Crippen molar-refractivity contribution in [3.05, 3.63) is 75.3 Å². The summed E-state index contributed by atoms with van der Waals surface area (Å²) < 4.78 is 6.47. The Morgan fingerprint density at radius 3 is 2.35 bits per heavy atom. The SMILES string of the molecule is C[N+](C)(Cc1ccc(CNC(=O)C=Cc2ccc(Cl)c(Cl)c2)cc1)C1CCOCC1.[I-]. The maximum absolute atomic E-state index is 12.1. The molecule has 2 aromatic rings. The van der Waals surface area contributed by atoms with Crippen LogP contribution in [0.3, 0.4) is 0 Å². The van der Waals surface area contributed by atoms with E-state index in [1.165, 1.54) is 11.6 Å². The van der Waals surface area contributed by atoms with Crippen molar-refractivity contribution in [1.82, 2.24) is 5.32 Å². The molecule has 7 heteroatoms. The van der Waals surface area contributed by atoms with E-state index in [0.29, 0.717) is 22.6 Å². The van der Waals surface area contributed by atoms with E-state index in [9.17, 15) is 4.79 Å². The van der Waals surface area contributed by atoms with Crippen LogP contribution in [0.25, 0.3) is 6.08 Å². The zero-order valence-electron chi connectivity index (χ0n) is 17.9. The highest BCUT2D eigenvalue weighted by Crippen LogP contribution is 2.23. The van der Waals surface area contributed by atoms with Gasteiger partial charge in [-0.15, -0.1) is 0 Å². The molecule has 1 fully saturated rings. The summed E-state index contributed by atoms with van der Waals surface area (Å²) in [4.78, 5) is 12.1. The minimum atomic E-state index is -0.150. The highest BCUT2D eigenvalue weighted by molar-refractivity contribution is 6.42. The molecule has 3 rings (SSSR count). The maximum atomic E-state index is 12.1. The number of carbonyl (C=O) groups excluding carboxylic acids is 1. The van der Waals surface area contributed by atoms with Crippen molar-refractivity contribution >= 4 is 35.2 Å². The summed E-state index contributed by atoms with van der Waals surface area (Å²) in [6.07, 6.45) is 5.46. The quantitative estimate of drug-likeness (QED) is 0.312. The second-order valence-corrected chi connectivity index (χ2v) is 9.14. The molecule has 1 aliphatic heterocycles. The minimum absolute atomic E-state index is 0. The van der Waals surface area contributed by atoms with Gasteiger partial charge < -0.3 is 38.5 Å². The molecule has 0 atom stereocenters. The molecular weight excluding hydrogens is 546 g/mol. The Bertz CT molecular complexity index is 895. The van der Waals surface area contributed by atoms with Gasteiger partial charge in [-0.05, 0) is 29.3 Å². The van der Waals surface area contributed by atoms with Crippen LogP contribution in [0.4, 0.5) is 0 Å². The summed E-state index contributed by atoms with van der Waals surface area (Å²) in [6.45, 7) is 3.21. The summed E-state index contributed by atoms with van der Waals surface area (Å²) in [5, 5.41) is 3.88. The number of halogens is 3. The van der Waals surface area contributed by atoms with Crippen molar-refractivity contribution in [3.8, 4) is 0 Å². The van der Waals surface area contributed by atoms with Crippen LogP contribution >= 0.6 is 23.2 Å². The Morgan fingerprint density at radius 1 is 1.06 bits per heavy atom. The average Bonchev–Trinajstić information content (AvgIpc) is 2.74. The van der Waals surface area contributed by atoms with Crippen LogP contribution in [0.2, 0.25) is 10.0 Å². The second-order valence-electron chi connectivity index (χ2n) is 8.32. The number of quaternary nitrogens is 1. The highest BCUT2D eigenvalue weighted by Gasteiger charge is 2.30. The third-order valence-electron chi connectivity index (χ3n) is 5.63. The van der Waals surface area contributed by atoms with Gasteiger partial charge in [-0.2, -0.15) is 0 Å². The molecule has 1 amide bonds. The zero-order valence-corrected chi connectivity index (χ0v) is 21.6. The standard InChI is InChI=1S/C24H28Cl2N2O2.HI/c1-28(2,21-11-13-30-14-12-21)17-20-5-3-19(4-6-20)16-27-24(29)10-8-18-7-9-22(25)23(26)15-18;/h3-10,15,21H,11-14,16-17H2,1-2H3;1H. The van der Waals surface area contributed by atoms with Crippen LogP contribution < -0.4 is 29.3 Å². The Hall–Kier alpha value is -1.12. The summed E-state index contributed by atoms with van der Waals surface area (Å²) >= 11 is 11.9. The van der Waals surface area contributed by atoms with Crippen LogP contribution in [0, 0.1) is 0 Å². The van der Waals surface area contributed by atoms with Gasteiger partial charge in [0.05, 0.1) is 43.4 Å². The first-order valence-corrected chi connectivity index (χ1v) is 11.0. The van der Waals surface area contributed by atoms with Crippen molar-refractivity contribution < 1.29 is 38.0 Å². The first-order chi connectivity index (χ1) is 14.3. The van der Waals surface area contributed by atoms with Gasteiger partial charge in [-0.25, -0.2) is 0 Å². The fraction of sp³-hybridized carbons (Fsp3) is 0.375. The van der Waals surface area contributed by atoms with E-state index in [4.69, 9.17) is 27.9 Å². The number of nitrogens with one attached hydrogen (secondary N) is 1. The highest BCUT2D eigenvalue weighted by atomic mass is 127. The number of ether oxygens (including phenoxy) is 1. The van der Waals surface area contributed by atoms with E-state index in [-0.39, 0.29) is 29.9 Å². The van der Waals surface area contributed by atoms with E-state index in [2.05, 4.69) is 43.7 Å². The van der Waals surface area contributed by atoms with Gasteiger partial charge in [-0.3, -0.25) is 4.79 Å². The zero-order chi connectivity index (χ0) is 21.6. The minimum Gasteiger partial charge on any atom is -1.00 e. The van der Waals surface area contributed by atoms with E-state index in [1.807, 2.05) is 6.07 Å². The van der Waals surface area contributed by atoms with Gasteiger partial charge in [-0.1, -0.05) is 53.5 Å². The summed E-state index contributed by atoms with van der Waals surface area (Å²) in [5.74, 6) is -0.150. The van der Waals surface area contributed by atoms with Crippen molar-refractivity contribution in [3.63, 3.8) is 0 Å². The molecule has 168 valence electrons. The van der Waals surface area contributed by atoms with Crippen molar-refractivity contribution in [2.75, 3.05) is 27.3 Å². The smallest absolute Gasteiger partial charge is 0.244 e. The van der Waals surface area contributed by atoms with E-state index >= 15 is 0 Å². The van der Waals surface area contributed by atoms with Crippen LogP contribution in [-0.2, 0) is 22.6 Å². The normalized spacial score (nSPS) is 15.0. The largest absolute Gasteiger partial charge is 1.00 e. The lowest BCUT2D eigenvalue weighted by Crippen LogP contribution is -3.00. The van der Waals surface area contributed by atoms with Crippen LogP contribution in [0.15, 0.2) is 48.5 Å². The van der Waals surface area contributed by atoms with Gasteiger partial charge in [0.25, 0.3) is 0 Å². The molecule has 0 aliphatic carbocycles. The predicted molar refractivity (Wildman–Crippen MR) is 123 cm³/mol. The second kappa shape index (κ2) is 12.2. The first kappa shape index (κ1) is 26.1. The van der Waals surface area contributed by atoms with Crippen molar-refractivity contribution in [1.29, 1.82) is 0 Å². The maximum Gasteiger partial charge on any atom is 0.244 e. The lowest BCUT2D eigenvalue weighted by molar-refractivity contribution is -0.929. The van der Waals surface area contributed by atoms with Crippen LogP contribution in [0.1, 0.15) is 29.5 Å². The topological polar surface area (TPSA) is 38.3 Å². The van der Waals surface area contributed by atoms with Gasteiger partial charge in [0.2, 0.25) is 5.91 Å². The van der Waals surface area contributed by atoms with Crippen molar-refractivity contribution in [2.45, 2.75) is 32.0 Å². The number of nitrogens with zero attached hydrogens (tertiary/aromatic N) is 1. The molecule has 0 spiro atoms.